The van der Waals surface area contributed by atoms with Gasteiger partial charge in [0.2, 0.25) is 0 Å². The van der Waals surface area contributed by atoms with Crippen molar-refractivity contribution in [2.45, 2.75) is 18.9 Å². The Kier molecular flexibility index (Phi) is 4.62. The second-order valence-electron chi connectivity index (χ2n) is 3.27. The molecule has 0 N–H and O–H groups in total. The van der Waals surface area contributed by atoms with Crippen molar-refractivity contribution in [2.24, 2.45) is 0 Å². The van der Waals surface area contributed by atoms with E-state index in [1.54, 1.807) is 0 Å². The predicted molar refractivity (Wildman–Crippen MR) is 50.9 cm³/mol. The molecule has 0 aliphatic carbocycles. The smallest absolute Gasteiger partial charge is 0.335 e. The van der Waals surface area contributed by atoms with Crippen LogP contribution in [0.1, 0.15) is 12.8 Å². The van der Waals surface area contributed by atoms with Crippen LogP contribution in [0.4, 0.5) is 0 Å². The van der Waals surface area contributed by atoms with Crippen molar-refractivity contribution in [3.63, 3.8) is 0 Å². The highest BCUT2D eigenvalue weighted by molar-refractivity contribution is 5.87. The molecular weight excluding hydrogens is 184 g/mol. The quantitative estimate of drug-likeness (QED) is 0.489. The maximum absolute atomic E-state index is 11.2. The largest absolute Gasteiger partial charge is 0.460 e. The third-order valence-corrected chi connectivity index (χ3v) is 2.03. The number of methoxy groups -OCH3 is 1. The van der Waals surface area contributed by atoms with Crippen molar-refractivity contribution >= 4 is 5.97 Å². The molecule has 0 saturated carbocycles. The molecule has 0 aromatic rings. The van der Waals surface area contributed by atoms with Crippen molar-refractivity contribution in [3.05, 3.63) is 12.2 Å². The number of hydrogen-bond acceptors (Lipinski definition) is 4. The van der Waals surface area contributed by atoms with Crippen LogP contribution in [-0.4, -0.2) is 39.0 Å². The Bertz CT molecular complexity index is 206. The molecule has 0 aromatic heterocycles. The lowest BCUT2D eigenvalue weighted by atomic mass is 10.2. The first-order chi connectivity index (χ1) is 6.74. The van der Waals surface area contributed by atoms with E-state index in [0.29, 0.717) is 12.2 Å². The lowest BCUT2D eigenvalue weighted by Crippen LogP contribution is -2.19. The zero-order valence-electron chi connectivity index (χ0n) is 8.45. The normalized spacial score (nSPS) is 20.8. The minimum Gasteiger partial charge on any atom is -0.460 e. The maximum atomic E-state index is 11.2. The Morgan fingerprint density at radius 2 is 2.43 bits per heavy atom. The van der Waals surface area contributed by atoms with Crippen LogP contribution in [0.3, 0.4) is 0 Å². The summed E-state index contributed by atoms with van der Waals surface area (Å²) in [6, 6.07) is 0. The van der Waals surface area contributed by atoms with Gasteiger partial charge in [-0.25, -0.2) is 4.79 Å². The van der Waals surface area contributed by atoms with Gasteiger partial charge in [0.15, 0.2) is 0 Å². The van der Waals surface area contributed by atoms with E-state index in [0.717, 1.165) is 19.4 Å². The third-order valence-electron chi connectivity index (χ3n) is 2.03. The first kappa shape index (κ1) is 11.2. The van der Waals surface area contributed by atoms with Crippen LogP contribution in [0.2, 0.25) is 0 Å². The summed E-state index contributed by atoms with van der Waals surface area (Å²) < 4.78 is 15.1. The van der Waals surface area contributed by atoms with Gasteiger partial charge in [-0.15, -0.1) is 0 Å². The zero-order chi connectivity index (χ0) is 10.4. The molecule has 1 aliphatic heterocycles. The molecule has 1 rings (SSSR count). The Morgan fingerprint density at radius 3 is 3.00 bits per heavy atom. The van der Waals surface area contributed by atoms with E-state index >= 15 is 0 Å². The highest BCUT2D eigenvalue weighted by Crippen LogP contribution is 2.12. The molecule has 1 atom stereocenters. The standard InChI is InChI=1S/C10H16O4/c1-8(6-12-2)10(11)14-7-9-4-3-5-13-9/h9H,1,3-7H2,2H3. The minimum atomic E-state index is -0.401. The van der Waals surface area contributed by atoms with Gasteiger partial charge in [0.25, 0.3) is 0 Å². The molecule has 1 unspecified atom stereocenters. The summed E-state index contributed by atoms with van der Waals surface area (Å²) in [5, 5.41) is 0. The first-order valence-electron chi connectivity index (χ1n) is 4.69. The fraction of sp³-hybridized carbons (Fsp3) is 0.700. The van der Waals surface area contributed by atoms with Gasteiger partial charge in [-0.3, -0.25) is 0 Å². The topological polar surface area (TPSA) is 44.8 Å². The van der Waals surface area contributed by atoms with Gasteiger partial charge in [0.05, 0.1) is 18.3 Å². The molecule has 1 aliphatic rings. The summed E-state index contributed by atoms with van der Waals surface area (Å²) in [6.45, 7) is 4.85. The van der Waals surface area contributed by atoms with E-state index in [2.05, 4.69) is 6.58 Å². The van der Waals surface area contributed by atoms with Gasteiger partial charge in [0.1, 0.15) is 6.61 Å². The molecule has 0 spiro atoms. The van der Waals surface area contributed by atoms with E-state index in [1.165, 1.54) is 7.11 Å². The van der Waals surface area contributed by atoms with E-state index in [9.17, 15) is 4.79 Å². The van der Waals surface area contributed by atoms with Crippen LogP contribution in [0.5, 0.6) is 0 Å². The summed E-state index contributed by atoms with van der Waals surface area (Å²) in [5.74, 6) is -0.401. The van der Waals surface area contributed by atoms with Crippen molar-refractivity contribution in [3.8, 4) is 0 Å². The van der Waals surface area contributed by atoms with Crippen LogP contribution in [0.25, 0.3) is 0 Å². The van der Waals surface area contributed by atoms with Crippen LogP contribution in [-0.2, 0) is 19.0 Å². The van der Waals surface area contributed by atoms with Gasteiger partial charge in [0, 0.05) is 13.7 Å². The summed E-state index contributed by atoms with van der Waals surface area (Å²) in [6.07, 6.45) is 2.07. The molecule has 1 fully saturated rings. The molecule has 1 saturated heterocycles. The van der Waals surface area contributed by atoms with Crippen molar-refractivity contribution in [1.82, 2.24) is 0 Å². The Morgan fingerprint density at radius 1 is 1.64 bits per heavy atom. The number of carbonyl (C=O) groups is 1. The van der Waals surface area contributed by atoms with Crippen LogP contribution in [0, 0.1) is 0 Å². The monoisotopic (exact) mass is 200 g/mol. The molecule has 1 heterocycles. The molecule has 4 heteroatoms. The molecule has 80 valence electrons. The van der Waals surface area contributed by atoms with Gasteiger partial charge in [-0.2, -0.15) is 0 Å². The van der Waals surface area contributed by atoms with E-state index < -0.39 is 5.97 Å². The summed E-state index contributed by atoms with van der Waals surface area (Å²) in [4.78, 5) is 11.2. The lowest BCUT2D eigenvalue weighted by molar-refractivity contribution is -0.142. The molecule has 14 heavy (non-hydrogen) atoms. The van der Waals surface area contributed by atoms with Gasteiger partial charge >= 0.3 is 5.97 Å². The summed E-state index contributed by atoms with van der Waals surface area (Å²) >= 11 is 0. The van der Waals surface area contributed by atoms with Gasteiger partial charge in [-0.1, -0.05) is 6.58 Å². The summed E-state index contributed by atoms with van der Waals surface area (Å²) in [5.41, 5.74) is 0.338. The number of rotatable bonds is 5. The SMILES string of the molecule is C=C(COC)C(=O)OCC1CCCO1. The van der Waals surface area contributed by atoms with Crippen molar-refractivity contribution in [2.75, 3.05) is 26.9 Å². The molecular formula is C10H16O4. The van der Waals surface area contributed by atoms with Crippen LogP contribution >= 0.6 is 0 Å². The number of ether oxygens (including phenoxy) is 3. The van der Waals surface area contributed by atoms with E-state index in [-0.39, 0.29) is 12.7 Å². The second-order valence-corrected chi connectivity index (χ2v) is 3.27. The highest BCUT2D eigenvalue weighted by atomic mass is 16.6. The van der Waals surface area contributed by atoms with Crippen LogP contribution in [0.15, 0.2) is 12.2 Å². The number of esters is 1. The molecule has 0 aromatic carbocycles. The first-order valence-corrected chi connectivity index (χ1v) is 4.69. The Balaban J connectivity index is 2.16. The Hall–Kier alpha value is -0.870. The predicted octanol–water partition coefficient (Wildman–Crippen LogP) is 0.911. The molecule has 0 amide bonds. The highest BCUT2D eigenvalue weighted by Gasteiger charge is 2.18. The average molecular weight is 200 g/mol. The van der Waals surface area contributed by atoms with E-state index in [1.807, 2.05) is 0 Å². The average Bonchev–Trinajstić information content (AvgIpc) is 2.67. The molecule has 0 radical (unpaired) electrons. The van der Waals surface area contributed by atoms with Gasteiger partial charge < -0.3 is 14.2 Å². The number of carbonyl (C=O) groups excluding carboxylic acids is 1. The van der Waals surface area contributed by atoms with Crippen molar-refractivity contribution in [1.29, 1.82) is 0 Å². The molecule has 4 nitrogen and oxygen atoms in total. The number of hydrogen-bond donors (Lipinski definition) is 0. The fourth-order valence-electron chi connectivity index (χ4n) is 1.28. The maximum Gasteiger partial charge on any atom is 0.335 e. The Labute approximate surface area is 83.8 Å². The summed E-state index contributed by atoms with van der Waals surface area (Å²) in [7, 11) is 1.51. The van der Waals surface area contributed by atoms with E-state index in [4.69, 9.17) is 14.2 Å². The third kappa shape index (κ3) is 3.47. The zero-order valence-corrected chi connectivity index (χ0v) is 8.45. The lowest BCUT2D eigenvalue weighted by Gasteiger charge is -2.10. The minimum absolute atomic E-state index is 0.0642. The second kappa shape index (κ2) is 5.78. The molecule has 0 bridgehead atoms. The van der Waals surface area contributed by atoms with Crippen molar-refractivity contribution < 1.29 is 19.0 Å². The van der Waals surface area contributed by atoms with Gasteiger partial charge in [-0.05, 0) is 12.8 Å². The fourth-order valence-corrected chi connectivity index (χ4v) is 1.28. The van der Waals surface area contributed by atoms with Crippen LogP contribution < -0.4 is 0 Å².